The fourth-order valence-corrected chi connectivity index (χ4v) is 4.42. The van der Waals surface area contributed by atoms with Gasteiger partial charge in [-0.15, -0.1) is 4.80 Å². The zero-order valence-electron chi connectivity index (χ0n) is 17.6. The minimum absolute atomic E-state index is 0.00833. The van der Waals surface area contributed by atoms with E-state index in [1.54, 1.807) is 0 Å². The predicted molar refractivity (Wildman–Crippen MR) is 112 cm³/mol. The van der Waals surface area contributed by atoms with Crippen molar-refractivity contribution in [3.05, 3.63) is 58.9 Å². The Balaban J connectivity index is 1.53. The van der Waals surface area contributed by atoms with E-state index >= 15 is 0 Å². The molecule has 0 radical (unpaired) electrons. The van der Waals surface area contributed by atoms with Crippen molar-refractivity contribution in [2.75, 3.05) is 5.32 Å². The number of carbonyl (C=O) groups excluding carboxylic acids is 1. The van der Waals surface area contributed by atoms with Gasteiger partial charge in [0.1, 0.15) is 5.41 Å². The lowest BCUT2D eigenvalue weighted by Crippen LogP contribution is -2.39. The van der Waals surface area contributed by atoms with Crippen molar-refractivity contribution in [3.63, 3.8) is 0 Å². The molecule has 35 heavy (non-hydrogen) atoms. The molecule has 4 aromatic rings. The SMILES string of the molecule is CC1(C(F)(F)F)CC(C(=O)Nc2cnc(-n3nccn3)c(C(F)F)c2)c2cnc3cc(Cl)nn3c21. The van der Waals surface area contributed by atoms with E-state index in [-0.39, 0.29) is 33.6 Å². The van der Waals surface area contributed by atoms with Crippen LogP contribution in [0.5, 0.6) is 0 Å². The van der Waals surface area contributed by atoms with E-state index in [9.17, 15) is 26.7 Å². The molecule has 1 amide bonds. The fourth-order valence-electron chi connectivity index (χ4n) is 4.25. The Morgan fingerprint density at radius 3 is 2.57 bits per heavy atom. The first-order valence-electron chi connectivity index (χ1n) is 10.1. The van der Waals surface area contributed by atoms with Gasteiger partial charge in [-0.2, -0.15) is 28.5 Å². The summed E-state index contributed by atoms with van der Waals surface area (Å²) < 4.78 is 70.9. The van der Waals surface area contributed by atoms with Crippen molar-refractivity contribution in [2.24, 2.45) is 0 Å². The second-order valence-corrected chi connectivity index (χ2v) is 8.52. The molecule has 15 heteroatoms. The summed E-state index contributed by atoms with van der Waals surface area (Å²) in [4.78, 5) is 22.0. The molecule has 9 nitrogen and oxygen atoms in total. The van der Waals surface area contributed by atoms with Crippen LogP contribution in [0.3, 0.4) is 0 Å². The van der Waals surface area contributed by atoms with Gasteiger partial charge in [0.15, 0.2) is 16.6 Å². The molecule has 2 unspecified atom stereocenters. The van der Waals surface area contributed by atoms with Crippen LogP contribution in [0.4, 0.5) is 27.6 Å². The minimum Gasteiger partial charge on any atom is -0.324 e. The van der Waals surface area contributed by atoms with Crippen LogP contribution in [-0.4, -0.2) is 46.7 Å². The van der Waals surface area contributed by atoms with Crippen molar-refractivity contribution in [2.45, 2.75) is 37.3 Å². The maximum atomic E-state index is 14.2. The third-order valence-corrected chi connectivity index (χ3v) is 6.13. The van der Waals surface area contributed by atoms with Gasteiger partial charge in [-0.3, -0.25) is 4.79 Å². The number of amides is 1. The molecule has 1 aliphatic rings. The van der Waals surface area contributed by atoms with Crippen molar-refractivity contribution in [1.82, 2.24) is 34.6 Å². The van der Waals surface area contributed by atoms with Crippen molar-refractivity contribution in [1.29, 1.82) is 0 Å². The summed E-state index contributed by atoms with van der Waals surface area (Å²) in [7, 11) is 0. The number of hydrogen-bond acceptors (Lipinski definition) is 6. The molecule has 1 aliphatic carbocycles. The number of nitrogens with one attached hydrogen (secondary N) is 1. The lowest BCUT2D eigenvalue weighted by molar-refractivity contribution is -0.187. The number of fused-ring (bicyclic) bond motifs is 3. The van der Waals surface area contributed by atoms with Crippen LogP contribution < -0.4 is 5.32 Å². The molecule has 0 bridgehead atoms. The number of halogens is 6. The quantitative estimate of drug-likeness (QED) is 0.410. The lowest BCUT2D eigenvalue weighted by Gasteiger charge is -2.28. The number of aromatic nitrogens is 7. The van der Waals surface area contributed by atoms with Crippen LogP contribution in [0.25, 0.3) is 11.5 Å². The number of pyridine rings is 1. The highest BCUT2D eigenvalue weighted by atomic mass is 35.5. The van der Waals surface area contributed by atoms with E-state index in [2.05, 4.69) is 30.6 Å². The highest BCUT2D eigenvalue weighted by molar-refractivity contribution is 6.29. The first-order chi connectivity index (χ1) is 16.5. The Morgan fingerprint density at radius 2 is 1.91 bits per heavy atom. The topological polar surface area (TPSA) is 103 Å². The van der Waals surface area contributed by atoms with Gasteiger partial charge < -0.3 is 5.32 Å². The van der Waals surface area contributed by atoms with Crippen LogP contribution in [0, 0.1) is 0 Å². The second-order valence-electron chi connectivity index (χ2n) is 8.13. The standard InChI is InChI=1S/C20H14ClF5N8O/c1-19(20(24,25)26)6-11(12-8-27-14-5-13(21)32-33(14)15(12)19)18(35)31-9-4-10(16(22)23)17(28-7-9)34-29-2-3-30-34/h2-5,7-8,11,16H,6H2,1H3,(H,31,35). The predicted octanol–water partition coefficient (Wildman–Crippen LogP) is 4.24. The van der Waals surface area contributed by atoms with Crippen LogP contribution in [0.15, 0.2) is 36.9 Å². The van der Waals surface area contributed by atoms with Crippen LogP contribution in [0.2, 0.25) is 5.15 Å². The maximum Gasteiger partial charge on any atom is 0.399 e. The van der Waals surface area contributed by atoms with E-state index in [0.717, 1.165) is 28.5 Å². The van der Waals surface area contributed by atoms with Gasteiger partial charge in [-0.25, -0.2) is 23.3 Å². The molecule has 0 aromatic carbocycles. The molecule has 0 saturated carbocycles. The van der Waals surface area contributed by atoms with E-state index in [0.29, 0.717) is 0 Å². The zero-order chi connectivity index (χ0) is 25.1. The Morgan fingerprint density at radius 1 is 1.20 bits per heavy atom. The van der Waals surface area contributed by atoms with Crippen molar-refractivity contribution in [3.8, 4) is 5.82 Å². The molecule has 0 aliphatic heterocycles. The molecular formula is C20H14ClF5N8O. The van der Waals surface area contributed by atoms with E-state index < -0.39 is 41.8 Å². The van der Waals surface area contributed by atoms with E-state index in [1.165, 1.54) is 24.7 Å². The van der Waals surface area contributed by atoms with Gasteiger partial charge in [-0.1, -0.05) is 11.6 Å². The molecule has 4 aromatic heterocycles. The Kier molecular flexibility index (Phi) is 5.23. The minimum atomic E-state index is -4.73. The van der Waals surface area contributed by atoms with Crippen LogP contribution >= 0.6 is 11.6 Å². The van der Waals surface area contributed by atoms with E-state index in [4.69, 9.17) is 11.6 Å². The van der Waals surface area contributed by atoms with Gasteiger partial charge in [0.2, 0.25) is 5.91 Å². The van der Waals surface area contributed by atoms with Crippen molar-refractivity contribution >= 4 is 28.8 Å². The smallest absolute Gasteiger partial charge is 0.324 e. The number of carbonyl (C=O) groups is 1. The molecule has 182 valence electrons. The average molecular weight is 513 g/mol. The summed E-state index contributed by atoms with van der Waals surface area (Å²) in [6, 6.07) is 2.28. The Hall–Kier alpha value is -3.68. The molecular weight excluding hydrogens is 499 g/mol. The van der Waals surface area contributed by atoms with Gasteiger partial charge in [-0.05, 0) is 19.4 Å². The van der Waals surface area contributed by atoms with E-state index in [1.807, 2.05) is 0 Å². The molecule has 0 spiro atoms. The van der Waals surface area contributed by atoms with Gasteiger partial charge >= 0.3 is 6.18 Å². The second kappa shape index (κ2) is 7.93. The molecule has 5 rings (SSSR count). The molecule has 1 N–H and O–H groups in total. The number of hydrogen-bond donors (Lipinski definition) is 1. The third kappa shape index (κ3) is 3.68. The largest absolute Gasteiger partial charge is 0.399 e. The van der Waals surface area contributed by atoms with Crippen LogP contribution in [0.1, 0.15) is 42.5 Å². The molecule has 0 saturated heterocycles. The summed E-state index contributed by atoms with van der Waals surface area (Å²) in [5, 5.41) is 13.8. The third-order valence-electron chi connectivity index (χ3n) is 5.94. The highest BCUT2D eigenvalue weighted by Crippen LogP contribution is 2.54. The summed E-state index contributed by atoms with van der Waals surface area (Å²) in [6.45, 7) is 0.969. The molecule has 4 heterocycles. The first-order valence-corrected chi connectivity index (χ1v) is 10.4. The molecule has 2 atom stereocenters. The maximum absolute atomic E-state index is 14.2. The monoisotopic (exact) mass is 512 g/mol. The normalized spacial score (nSPS) is 19.9. The Labute approximate surface area is 197 Å². The average Bonchev–Trinajstić information content (AvgIpc) is 3.50. The summed E-state index contributed by atoms with van der Waals surface area (Å²) in [5.41, 5.74) is -3.29. The van der Waals surface area contributed by atoms with Gasteiger partial charge in [0.05, 0.1) is 41.5 Å². The fraction of sp³-hybridized carbons (Fsp3) is 0.300. The number of alkyl halides is 5. The van der Waals surface area contributed by atoms with Crippen LogP contribution in [-0.2, 0) is 10.2 Å². The first kappa shape index (κ1) is 23.1. The summed E-state index contributed by atoms with van der Waals surface area (Å²) >= 11 is 5.88. The summed E-state index contributed by atoms with van der Waals surface area (Å²) in [5.74, 6) is -2.38. The van der Waals surface area contributed by atoms with Gasteiger partial charge in [0.25, 0.3) is 6.43 Å². The zero-order valence-corrected chi connectivity index (χ0v) is 18.4. The lowest BCUT2D eigenvalue weighted by atomic mass is 9.85. The number of anilines is 1. The Bertz CT molecular complexity index is 1440. The van der Waals surface area contributed by atoms with Crippen molar-refractivity contribution < 1.29 is 26.7 Å². The highest BCUT2D eigenvalue weighted by Gasteiger charge is 2.60. The van der Waals surface area contributed by atoms with Gasteiger partial charge in [0, 0.05) is 17.8 Å². The number of nitrogens with zero attached hydrogens (tertiary/aromatic N) is 7. The number of rotatable bonds is 4. The molecule has 0 fully saturated rings. The summed E-state index contributed by atoms with van der Waals surface area (Å²) in [6.07, 6.45) is -3.52.